The lowest BCUT2D eigenvalue weighted by atomic mass is 10.1. The normalized spacial score (nSPS) is 12.8. The van der Waals surface area contributed by atoms with E-state index in [4.69, 9.17) is 10.1 Å². The maximum atomic E-state index is 13.0. The first-order valence-electron chi connectivity index (χ1n) is 11.4. The van der Waals surface area contributed by atoms with Crippen molar-refractivity contribution in [2.75, 3.05) is 25.1 Å². The lowest BCUT2D eigenvalue weighted by Crippen LogP contribution is -2.24. The second kappa shape index (κ2) is 11.7. The number of amides is 1. The quantitative estimate of drug-likeness (QED) is 0.491. The molecule has 176 valence electrons. The standard InChI is InChI=1S/C24H24N4O2.C3H7N/c1-4-18-16-28(5-2)23-20(24(29)27(18)3)14-17(15-26-23)11-13-30-22-10-12-25-21-9-7-6-8-19(21)22;1-2-3-4/h4,6-10,12,14-16H,1,5,11,13H2,2-3H3;3-4H,2H2,1H3. The average molecular weight is 458 g/mol. The molecule has 0 unspecified atom stereocenters. The number of hydrogen-bond donors (Lipinski definition) is 1. The molecule has 2 aromatic heterocycles. The number of fused-ring (bicyclic) bond motifs is 2. The minimum absolute atomic E-state index is 0.0949. The first-order chi connectivity index (χ1) is 16.5. The summed E-state index contributed by atoms with van der Waals surface area (Å²) in [6, 6.07) is 11.7. The highest BCUT2D eigenvalue weighted by Crippen LogP contribution is 2.27. The van der Waals surface area contributed by atoms with Crippen LogP contribution in [-0.4, -0.2) is 47.2 Å². The summed E-state index contributed by atoms with van der Waals surface area (Å²) in [4.78, 5) is 25.5. The molecule has 1 N–H and O–H groups in total. The van der Waals surface area contributed by atoms with Crippen LogP contribution in [0.5, 0.6) is 5.75 Å². The van der Waals surface area contributed by atoms with E-state index in [1.54, 1.807) is 24.2 Å². The predicted octanol–water partition coefficient (Wildman–Crippen LogP) is 5.24. The maximum Gasteiger partial charge on any atom is 0.261 e. The maximum absolute atomic E-state index is 13.0. The number of likely N-dealkylation sites (N-methyl/N-ethyl adjacent to an activating group) is 1. The minimum atomic E-state index is -0.0949. The summed E-state index contributed by atoms with van der Waals surface area (Å²) in [5, 5.41) is 7.31. The van der Waals surface area contributed by atoms with E-state index in [9.17, 15) is 4.79 Å². The first-order valence-corrected chi connectivity index (χ1v) is 11.4. The molecule has 1 aliphatic heterocycles. The average Bonchev–Trinajstić information content (AvgIpc) is 2.98. The summed E-state index contributed by atoms with van der Waals surface area (Å²) in [5.74, 6) is 1.37. The fraction of sp³-hybridized carbons (Fsp3) is 0.259. The van der Waals surface area contributed by atoms with E-state index in [-0.39, 0.29) is 5.91 Å². The van der Waals surface area contributed by atoms with Crippen molar-refractivity contribution in [2.45, 2.75) is 26.7 Å². The number of carbonyl (C=O) groups is 1. The molecule has 0 fully saturated rings. The van der Waals surface area contributed by atoms with Gasteiger partial charge in [0, 0.05) is 44.0 Å². The molecule has 1 aromatic carbocycles. The number of carbonyl (C=O) groups excluding carboxylic acids is 1. The predicted molar refractivity (Wildman–Crippen MR) is 138 cm³/mol. The summed E-state index contributed by atoms with van der Waals surface area (Å²) in [7, 11) is 1.75. The summed E-state index contributed by atoms with van der Waals surface area (Å²) in [5.41, 5.74) is 3.18. The second-order valence-electron chi connectivity index (χ2n) is 7.66. The molecule has 7 heteroatoms. The number of allylic oxidation sites excluding steroid dienone is 1. The van der Waals surface area contributed by atoms with E-state index in [0.717, 1.165) is 34.3 Å². The molecular weight excluding hydrogens is 426 g/mol. The number of nitrogens with one attached hydrogen (secondary N) is 1. The van der Waals surface area contributed by atoms with Crippen molar-refractivity contribution >= 4 is 28.8 Å². The molecule has 34 heavy (non-hydrogen) atoms. The fourth-order valence-electron chi connectivity index (χ4n) is 3.53. The van der Waals surface area contributed by atoms with Crippen LogP contribution in [0.4, 0.5) is 5.82 Å². The number of pyridine rings is 2. The largest absolute Gasteiger partial charge is 0.492 e. The van der Waals surface area contributed by atoms with Crippen LogP contribution in [0.1, 0.15) is 36.2 Å². The Balaban J connectivity index is 0.000000751. The molecular formula is C27H31N5O2. The fourth-order valence-corrected chi connectivity index (χ4v) is 3.53. The molecule has 3 heterocycles. The smallest absolute Gasteiger partial charge is 0.261 e. The van der Waals surface area contributed by atoms with Gasteiger partial charge in [0.2, 0.25) is 0 Å². The number of anilines is 1. The van der Waals surface area contributed by atoms with Crippen LogP contribution >= 0.6 is 0 Å². The number of hydrogen-bond acceptors (Lipinski definition) is 6. The number of rotatable bonds is 7. The van der Waals surface area contributed by atoms with E-state index in [0.29, 0.717) is 31.0 Å². The van der Waals surface area contributed by atoms with Crippen LogP contribution in [0.3, 0.4) is 0 Å². The van der Waals surface area contributed by atoms with Gasteiger partial charge in [-0.3, -0.25) is 9.78 Å². The van der Waals surface area contributed by atoms with Gasteiger partial charge in [0.25, 0.3) is 5.91 Å². The van der Waals surface area contributed by atoms with E-state index < -0.39 is 0 Å². The molecule has 1 aliphatic rings. The van der Waals surface area contributed by atoms with Gasteiger partial charge in [-0.25, -0.2) is 4.98 Å². The molecule has 1 amide bonds. The Labute approximate surface area is 200 Å². The number of para-hydroxylation sites is 1. The molecule has 7 nitrogen and oxygen atoms in total. The molecule has 0 atom stereocenters. The van der Waals surface area contributed by atoms with Crippen LogP contribution in [0.2, 0.25) is 0 Å². The topological polar surface area (TPSA) is 82.4 Å². The Morgan fingerprint density at radius 2 is 1.94 bits per heavy atom. The zero-order chi connectivity index (χ0) is 24.5. The van der Waals surface area contributed by atoms with Gasteiger partial charge in [-0.1, -0.05) is 25.6 Å². The molecule has 0 radical (unpaired) electrons. The van der Waals surface area contributed by atoms with Gasteiger partial charge < -0.3 is 19.9 Å². The molecule has 3 aromatic rings. The summed E-state index contributed by atoms with van der Waals surface area (Å²) >= 11 is 0. The van der Waals surface area contributed by atoms with Crippen molar-refractivity contribution < 1.29 is 9.53 Å². The van der Waals surface area contributed by atoms with E-state index in [1.165, 1.54) is 6.21 Å². The summed E-state index contributed by atoms with van der Waals surface area (Å²) in [6.07, 6.45) is 10.0. The van der Waals surface area contributed by atoms with Crippen LogP contribution in [-0.2, 0) is 6.42 Å². The van der Waals surface area contributed by atoms with Crippen LogP contribution in [0.15, 0.2) is 73.3 Å². The number of nitrogens with zero attached hydrogens (tertiary/aromatic N) is 4. The van der Waals surface area contributed by atoms with Crippen LogP contribution in [0, 0.1) is 5.41 Å². The number of benzene rings is 1. The molecule has 0 bridgehead atoms. The van der Waals surface area contributed by atoms with Crippen molar-refractivity contribution in [1.29, 1.82) is 5.41 Å². The van der Waals surface area contributed by atoms with E-state index in [2.05, 4.69) is 16.5 Å². The highest BCUT2D eigenvalue weighted by molar-refractivity contribution is 6.01. The Bertz CT molecular complexity index is 1200. The van der Waals surface area contributed by atoms with Crippen molar-refractivity contribution in [3.05, 3.63) is 84.5 Å². The number of aromatic nitrogens is 2. The number of ether oxygens (including phenoxy) is 1. The zero-order valence-electron chi connectivity index (χ0n) is 20.0. The second-order valence-corrected chi connectivity index (χ2v) is 7.66. The monoisotopic (exact) mass is 457 g/mol. The zero-order valence-corrected chi connectivity index (χ0v) is 20.0. The molecule has 4 rings (SSSR count). The third-order valence-corrected chi connectivity index (χ3v) is 5.42. The SMILES string of the molecule is C=CC1=CN(CC)c2ncc(CCOc3ccnc4ccccc34)cc2C(=O)N1C.CCC=N. The lowest BCUT2D eigenvalue weighted by molar-refractivity contribution is 0.0842. The summed E-state index contributed by atoms with van der Waals surface area (Å²) < 4.78 is 6.02. The lowest BCUT2D eigenvalue weighted by Gasteiger charge is -2.18. The van der Waals surface area contributed by atoms with Crippen molar-refractivity contribution in [1.82, 2.24) is 14.9 Å². The molecule has 0 spiro atoms. The van der Waals surface area contributed by atoms with Gasteiger partial charge >= 0.3 is 0 Å². The Hall–Kier alpha value is -4.00. The van der Waals surface area contributed by atoms with E-state index >= 15 is 0 Å². The third-order valence-electron chi connectivity index (χ3n) is 5.42. The van der Waals surface area contributed by atoms with E-state index in [1.807, 2.05) is 67.5 Å². The Morgan fingerprint density at radius 3 is 2.65 bits per heavy atom. The van der Waals surface area contributed by atoms with Gasteiger partial charge in [0.15, 0.2) is 0 Å². The van der Waals surface area contributed by atoms with Gasteiger partial charge in [-0.2, -0.15) is 0 Å². The van der Waals surface area contributed by atoms with Gasteiger partial charge in [-0.05, 0) is 55.5 Å². The van der Waals surface area contributed by atoms with Gasteiger partial charge in [0.05, 0.1) is 23.4 Å². The molecule has 0 saturated heterocycles. The highest BCUT2D eigenvalue weighted by Gasteiger charge is 2.25. The molecule has 0 aliphatic carbocycles. The van der Waals surface area contributed by atoms with Crippen molar-refractivity contribution in [2.24, 2.45) is 0 Å². The van der Waals surface area contributed by atoms with Crippen molar-refractivity contribution in [3.63, 3.8) is 0 Å². The first kappa shape index (κ1) is 24.6. The van der Waals surface area contributed by atoms with Crippen molar-refractivity contribution in [3.8, 4) is 5.75 Å². The summed E-state index contributed by atoms with van der Waals surface area (Å²) in [6.45, 7) is 8.97. The van der Waals surface area contributed by atoms with Crippen LogP contribution in [0.25, 0.3) is 10.9 Å². The third kappa shape index (κ3) is 5.49. The van der Waals surface area contributed by atoms with Crippen LogP contribution < -0.4 is 9.64 Å². The minimum Gasteiger partial charge on any atom is -0.492 e. The highest BCUT2D eigenvalue weighted by atomic mass is 16.5. The Morgan fingerprint density at radius 1 is 1.18 bits per heavy atom. The van der Waals surface area contributed by atoms with Gasteiger partial charge in [0.1, 0.15) is 11.6 Å². The van der Waals surface area contributed by atoms with Gasteiger partial charge in [-0.15, -0.1) is 0 Å². The Kier molecular flexibility index (Phi) is 8.51. The molecule has 0 saturated carbocycles.